The maximum Gasteiger partial charge on any atom is 0.246 e. The molecule has 1 aromatic heterocycles. The zero-order chi connectivity index (χ0) is 14.2. The molecule has 1 atom stereocenters. The molecule has 1 aliphatic heterocycles. The first-order valence-electron chi connectivity index (χ1n) is 6.51. The highest BCUT2D eigenvalue weighted by Gasteiger charge is 2.31. The number of ether oxygens (including phenoxy) is 2. The smallest absolute Gasteiger partial charge is 0.246 e. The average molecular weight is 275 g/mol. The van der Waals surface area contributed by atoms with Crippen LogP contribution in [0.15, 0.2) is 28.8 Å². The molecule has 2 heterocycles. The molecule has 0 bridgehead atoms. The Balaban J connectivity index is 1.82. The molecule has 0 spiro atoms. The van der Waals surface area contributed by atoms with E-state index in [1.54, 1.807) is 0 Å². The van der Waals surface area contributed by atoms with Gasteiger partial charge in [-0.2, -0.15) is 4.98 Å². The van der Waals surface area contributed by atoms with Crippen molar-refractivity contribution in [2.75, 3.05) is 13.7 Å². The second-order valence-electron chi connectivity index (χ2n) is 5.20. The Labute approximate surface area is 117 Å². The highest BCUT2D eigenvalue weighted by atomic mass is 16.6. The van der Waals surface area contributed by atoms with Gasteiger partial charge >= 0.3 is 0 Å². The van der Waals surface area contributed by atoms with Gasteiger partial charge in [0.25, 0.3) is 0 Å². The van der Waals surface area contributed by atoms with Crippen LogP contribution in [0.5, 0.6) is 11.5 Å². The van der Waals surface area contributed by atoms with Crippen molar-refractivity contribution >= 4 is 0 Å². The average Bonchev–Trinajstić information content (AvgIpc) is 2.97. The predicted molar refractivity (Wildman–Crippen MR) is 71.7 cm³/mol. The summed E-state index contributed by atoms with van der Waals surface area (Å²) in [4.78, 5) is 4.40. The van der Waals surface area contributed by atoms with Crippen molar-refractivity contribution < 1.29 is 14.0 Å². The van der Waals surface area contributed by atoms with Gasteiger partial charge in [-0.1, -0.05) is 17.3 Å². The van der Waals surface area contributed by atoms with Gasteiger partial charge in [0.2, 0.25) is 11.7 Å². The minimum atomic E-state index is -0.376. The zero-order valence-corrected chi connectivity index (χ0v) is 11.7. The standard InChI is InChI=1S/C14H17N3O3/c1-14(2,15-3)13-16-12(17-20-13)11-8-18-9-6-4-5-7-10(9)19-11/h4-7,11,15H,8H2,1-3H3. The molecular weight excluding hydrogens is 258 g/mol. The van der Waals surface area contributed by atoms with Crippen LogP contribution in [0, 0.1) is 0 Å². The summed E-state index contributed by atoms with van der Waals surface area (Å²) < 4.78 is 16.8. The quantitative estimate of drug-likeness (QED) is 0.924. The van der Waals surface area contributed by atoms with E-state index in [1.165, 1.54) is 0 Å². The molecule has 106 valence electrons. The Hall–Kier alpha value is -2.08. The van der Waals surface area contributed by atoms with E-state index in [0.717, 1.165) is 5.75 Å². The molecule has 6 nitrogen and oxygen atoms in total. The summed E-state index contributed by atoms with van der Waals surface area (Å²) in [6, 6.07) is 7.54. The highest BCUT2D eigenvalue weighted by molar-refractivity contribution is 5.40. The fraction of sp³-hybridized carbons (Fsp3) is 0.429. The molecule has 1 aromatic carbocycles. The number of nitrogens with zero attached hydrogens (tertiary/aromatic N) is 2. The van der Waals surface area contributed by atoms with E-state index in [-0.39, 0.29) is 11.6 Å². The summed E-state index contributed by atoms with van der Waals surface area (Å²) in [7, 11) is 1.85. The fourth-order valence-electron chi connectivity index (χ4n) is 1.87. The largest absolute Gasteiger partial charge is 0.485 e. The van der Waals surface area contributed by atoms with Gasteiger partial charge < -0.3 is 19.3 Å². The van der Waals surface area contributed by atoms with Crippen LogP contribution in [0.4, 0.5) is 0 Å². The van der Waals surface area contributed by atoms with Crippen molar-refractivity contribution in [2.45, 2.75) is 25.5 Å². The molecule has 0 fully saturated rings. The van der Waals surface area contributed by atoms with Crippen molar-refractivity contribution in [3.8, 4) is 11.5 Å². The van der Waals surface area contributed by atoms with Crippen molar-refractivity contribution in [3.63, 3.8) is 0 Å². The number of nitrogens with one attached hydrogen (secondary N) is 1. The number of hydrogen-bond donors (Lipinski definition) is 1. The third kappa shape index (κ3) is 2.22. The van der Waals surface area contributed by atoms with Crippen LogP contribution in [-0.4, -0.2) is 23.8 Å². The van der Waals surface area contributed by atoms with Crippen LogP contribution in [-0.2, 0) is 5.54 Å². The van der Waals surface area contributed by atoms with Gasteiger partial charge in [-0.3, -0.25) is 0 Å². The van der Waals surface area contributed by atoms with Crippen molar-refractivity contribution in [3.05, 3.63) is 36.0 Å². The highest BCUT2D eigenvalue weighted by Crippen LogP contribution is 2.35. The van der Waals surface area contributed by atoms with Gasteiger partial charge in [-0.05, 0) is 33.0 Å². The van der Waals surface area contributed by atoms with Crippen LogP contribution in [0.2, 0.25) is 0 Å². The molecule has 1 unspecified atom stereocenters. The molecular formula is C14H17N3O3. The zero-order valence-electron chi connectivity index (χ0n) is 11.7. The first kappa shape index (κ1) is 12.9. The van der Waals surface area contributed by atoms with E-state index in [1.807, 2.05) is 45.2 Å². The summed E-state index contributed by atoms with van der Waals surface area (Å²) in [5.41, 5.74) is -0.376. The van der Waals surface area contributed by atoms with Crippen LogP contribution >= 0.6 is 0 Å². The first-order chi connectivity index (χ1) is 9.60. The second-order valence-corrected chi connectivity index (χ2v) is 5.20. The monoisotopic (exact) mass is 275 g/mol. The summed E-state index contributed by atoms with van der Waals surface area (Å²) >= 11 is 0. The molecule has 0 amide bonds. The first-order valence-corrected chi connectivity index (χ1v) is 6.51. The Morgan fingerprint density at radius 3 is 2.75 bits per heavy atom. The van der Waals surface area contributed by atoms with Gasteiger partial charge in [0, 0.05) is 0 Å². The molecule has 1 aliphatic rings. The lowest BCUT2D eigenvalue weighted by molar-refractivity contribution is 0.0832. The molecule has 0 saturated heterocycles. The van der Waals surface area contributed by atoms with E-state index in [4.69, 9.17) is 14.0 Å². The van der Waals surface area contributed by atoms with Crippen LogP contribution in [0.1, 0.15) is 31.7 Å². The maximum atomic E-state index is 5.85. The Morgan fingerprint density at radius 1 is 1.25 bits per heavy atom. The predicted octanol–water partition coefficient (Wildman–Crippen LogP) is 2.04. The van der Waals surface area contributed by atoms with Crippen molar-refractivity contribution in [1.29, 1.82) is 0 Å². The number of benzene rings is 1. The maximum absolute atomic E-state index is 5.85. The molecule has 0 saturated carbocycles. The lowest BCUT2D eigenvalue weighted by Gasteiger charge is -2.24. The second kappa shape index (κ2) is 4.79. The lowest BCUT2D eigenvalue weighted by Crippen LogP contribution is -2.33. The summed E-state index contributed by atoms with van der Waals surface area (Å²) in [5.74, 6) is 2.46. The van der Waals surface area contributed by atoms with Crippen molar-refractivity contribution in [1.82, 2.24) is 15.5 Å². The van der Waals surface area contributed by atoms with Crippen molar-refractivity contribution in [2.24, 2.45) is 0 Å². The third-order valence-electron chi connectivity index (χ3n) is 3.40. The topological polar surface area (TPSA) is 69.4 Å². The number of aromatic nitrogens is 2. The van der Waals surface area contributed by atoms with Gasteiger partial charge in [0.15, 0.2) is 17.6 Å². The summed E-state index contributed by atoms with van der Waals surface area (Å²) in [6.07, 6.45) is -0.352. The summed E-state index contributed by atoms with van der Waals surface area (Å²) in [6.45, 7) is 4.31. The molecule has 1 N–H and O–H groups in total. The third-order valence-corrected chi connectivity index (χ3v) is 3.40. The van der Waals surface area contributed by atoms with E-state index < -0.39 is 0 Å². The SMILES string of the molecule is CNC(C)(C)c1nc(C2COc3ccccc3O2)no1. The molecule has 3 rings (SSSR count). The molecule has 0 aliphatic carbocycles. The molecule has 20 heavy (non-hydrogen) atoms. The van der Waals surface area contributed by atoms with Crippen LogP contribution in [0.25, 0.3) is 0 Å². The van der Waals surface area contributed by atoms with E-state index in [9.17, 15) is 0 Å². The van der Waals surface area contributed by atoms with Gasteiger partial charge in [0.1, 0.15) is 6.61 Å². The number of rotatable bonds is 3. The van der Waals surface area contributed by atoms with E-state index in [0.29, 0.717) is 24.1 Å². The van der Waals surface area contributed by atoms with E-state index >= 15 is 0 Å². The Kier molecular flexibility index (Phi) is 3.10. The number of para-hydroxylation sites is 2. The minimum Gasteiger partial charge on any atom is -0.485 e. The van der Waals surface area contributed by atoms with Gasteiger partial charge in [-0.15, -0.1) is 0 Å². The van der Waals surface area contributed by atoms with Gasteiger partial charge in [0.05, 0.1) is 5.54 Å². The van der Waals surface area contributed by atoms with Crippen LogP contribution < -0.4 is 14.8 Å². The molecule has 0 radical (unpaired) electrons. The van der Waals surface area contributed by atoms with Crippen LogP contribution in [0.3, 0.4) is 0 Å². The number of hydrogen-bond acceptors (Lipinski definition) is 6. The molecule has 2 aromatic rings. The Morgan fingerprint density at radius 2 is 2.00 bits per heavy atom. The Bertz CT molecular complexity index is 609. The van der Waals surface area contributed by atoms with E-state index in [2.05, 4.69) is 15.5 Å². The normalized spacial score (nSPS) is 18.1. The lowest BCUT2D eigenvalue weighted by atomic mass is 10.1. The molecule has 6 heteroatoms. The summed E-state index contributed by atoms with van der Waals surface area (Å²) in [5, 5.41) is 7.12. The fourth-order valence-corrected chi connectivity index (χ4v) is 1.87. The number of fused-ring (bicyclic) bond motifs is 1. The van der Waals surface area contributed by atoms with Gasteiger partial charge in [-0.25, -0.2) is 0 Å². The minimum absolute atomic E-state index is 0.352.